The number of aryl methyl sites for hydroxylation is 1. The highest BCUT2D eigenvalue weighted by atomic mass is 79.9. The van der Waals surface area contributed by atoms with Gasteiger partial charge in [0.05, 0.1) is 3.79 Å². The third kappa shape index (κ3) is 2.42. The van der Waals surface area contributed by atoms with Crippen molar-refractivity contribution in [2.24, 2.45) is 16.7 Å². The molecule has 1 aromatic heterocycles. The molecule has 3 unspecified atom stereocenters. The Hall–Kier alpha value is 0.0900. The van der Waals surface area contributed by atoms with Crippen LogP contribution in [0.5, 0.6) is 0 Å². The topological polar surface area (TPSA) is 46.2 Å². The van der Waals surface area contributed by atoms with E-state index in [0.29, 0.717) is 10.1 Å². The molecule has 0 aliphatic heterocycles. The fourth-order valence-electron chi connectivity index (χ4n) is 4.37. The van der Waals surface area contributed by atoms with Crippen molar-refractivity contribution in [1.82, 2.24) is 4.72 Å². The second-order valence-electron chi connectivity index (χ2n) is 7.49. The molecule has 2 fully saturated rings. The van der Waals surface area contributed by atoms with Gasteiger partial charge in [-0.15, -0.1) is 11.3 Å². The molecule has 1 aromatic rings. The first-order valence-electron chi connectivity index (χ1n) is 7.34. The fourth-order valence-corrected chi connectivity index (χ4v) is 8.14. The largest absolute Gasteiger partial charge is 0.250 e. The van der Waals surface area contributed by atoms with Crippen LogP contribution in [0.1, 0.15) is 45.6 Å². The maximum absolute atomic E-state index is 12.7. The summed E-state index contributed by atoms with van der Waals surface area (Å²) in [5, 5.41) is 0. The van der Waals surface area contributed by atoms with E-state index in [1.165, 1.54) is 17.8 Å². The van der Waals surface area contributed by atoms with E-state index in [0.717, 1.165) is 22.2 Å². The number of sulfonamides is 1. The lowest BCUT2D eigenvalue weighted by Crippen LogP contribution is -2.52. The van der Waals surface area contributed by atoms with Gasteiger partial charge >= 0.3 is 0 Å². The number of rotatable bonds is 3. The van der Waals surface area contributed by atoms with E-state index in [2.05, 4.69) is 41.4 Å². The number of hydrogen-bond donors (Lipinski definition) is 1. The number of hydrogen-bond acceptors (Lipinski definition) is 3. The Morgan fingerprint density at radius 1 is 1.38 bits per heavy atom. The van der Waals surface area contributed by atoms with Crippen molar-refractivity contribution >= 4 is 37.3 Å². The van der Waals surface area contributed by atoms with Gasteiger partial charge in [0.1, 0.15) is 4.21 Å². The maximum Gasteiger partial charge on any atom is 0.250 e. The molecule has 21 heavy (non-hydrogen) atoms. The van der Waals surface area contributed by atoms with Crippen LogP contribution in [0.25, 0.3) is 0 Å². The quantitative estimate of drug-likeness (QED) is 0.833. The zero-order valence-electron chi connectivity index (χ0n) is 12.9. The SMILES string of the molecule is Cc1cc(S(=O)(=O)NC2C3(C)CCC(C3)C2(C)C)sc1Br. The van der Waals surface area contributed by atoms with Gasteiger partial charge in [-0.2, -0.15) is 0 Å². The van der Waals surface area contributed by atoms with Crippen molar-refractivity contribution < 1.29 is 8.42 Å². The summed E-state index contributed by atoms with van der Waals surface area (Å²) in [7, 11) is -3.44. The number of thiophene rings is 1. The summed E-state index contributed by atoms with van der Waals surface area (Å²) in [5.41, 5.74) is 1.10. The smallest absolute Gasteiger partial charge is 0.206 e. The van der Waals surface area contributed by atoms with Crippen LogP contribution >= 0.6 is 27.3 Å². The van der Waals surface area contributed by atoms with Crippen LogP contribution in [0.3, 0.4) is 0 Å². The van der Waals surface area contributed by atoms with Crippen molar-refractivity contribution in [2.75, 3.05) is 0 Å². The molecule has 0 spiro atoms. The summed E-state index contributed by atoms with van der Waals surface area (Å²) in [6, 6.07) is 1.77. The molecule has 3 atom stereocenters. The van der Waals surface area contributed by atoms with E-state index in [9.17, 15) is 8.42 Å². The van der Waals surface area contributed by atoms with E-state index in [1.54, 1.807) is 6.07 Å². The normalized spacial score (nSPS) is 34.5. The average molecular weight is 392 g/mol. The molecule has 1 heterocycles. The lowest BCUT2D eigenvalue weighted by Gasteiger charge is -2.42. The molecule has 3 nitrogen and oxygen atoms in total. The van der Waals surface area contributed by atoms with Crippen molar-refractivity contribution in [3.05, 3.63) is 15.4 Å². The van der Waals surface area contributed by atoms with Crippen LogP contribution < -0.4 is 4.72 Å². The van der Waals surface area contributed by atoms with Gasteiger partial charge in [-0.25, -0.2) is 13.1 Å². The Labute approximate surface area is 139 Å². The molecule has 1 N–H and O–H groups in total. The Morgan fingerprint density at radius 2 is 2.05 bits per heavy atom. The molecule has 2 bridgehead atoms. The molecule has 2 aliphatic carbocycles. The average Bonchev–Trinajstić information content (AvgIpc) is 2.96. The van der Waals surface area contributed by atoms with Crippen LogP contribution in [0.15, 0.2) is 14.1 Å². The van der Waals surface area contributed by atoms with Crippen LogP contribution in [0, 0.1) is 23.7 Å². The van der Waals surface area contributed by atoms with Crippen molar-refractivity contribution in [2.45, 2.75) is 57.2 Å². The van der Waals surface area contributed by atoms with Gasteiger partial charge in [0.15, 0.2) is 0 Å². The monoisotopic (exact) mass is 391 g/mol. The molecule has 0 amide bonds. The highest BCUT2D eigenvalue weighted by Gasteiger charge is 2.60. The summed E-state index contributed by atoms with van der Waals surface area (Å²) in [6.07, 6.45) is 3.49. The Morgan fingerprint density at radius 3 is 2.52 bits per heavy atom. The van der Waals surface area contributed by atoms with Crippen LogP contribution in [-0.4, -0.2) is 14.5 Å². The van der Waals surface area contributed by atoms with Gasteiger partial charge in [-0.1, -0.05) is 20.8 Å². The third-order valence-electron chi connectivity index (χ3n) is 5.64. The standard InChI is InChI=1S/C15H22BrNO2S2/c1-9-7-11(20-12(9)16)21(18,19)17-13-14(2,3)10-5-6-15(13,4)8-10/h7,10,13,17H,5-6,8H2,1-4H3. The van der Waals surface area contributed by atoms with Crippen molar-refractivity contribution in [3.8, 4) is 0 Å². The van der Waals surface area contributed by atoms with Crippen molar-refractivity contribution in [3.63, 3.8) is 0 Å². The zero-order valence-corrected chi connectivity index (χ0v) is 16.1. The lowest BCUT2D eigenvalue weighted by molar-refractivity contribution is 0.127. The fraction of sp³-hybridized carbons (Fsp3) is 0.733. The van der Waals surface area contributed by atoms with Gasteiger partial charge < -0.3 is 0 Å². The molecule has 2 aliphatic rings. The summed E-state index contributed by atoms with van der Waals surface area (Å²) < 4.78 is 29.8. The zero-order chi connectivity index (χ0) is 15.6. The first kappa shape index (κ1) is 16.0. The Kier molecular flexibility index (Phi) is 3.64. The van der Waals surface area contributed by atoms with E-state index >= 15 is 0 Å². The van der Waals surface area contributed by atoms with Crippen LogP contribution in [0.2, 0.25) is 0 Å². The molecule has 6 heteroatoms. The minimum Gasteiger partial charge on any atom is -0.206 e. The summed E-state index contributed by atoms with van der Waals surface area (Å²) >= 11 is 4.70. The van der Waals surface area contributed by atoms with Gasteiger partial charge in [0, 0.05) is 6.04 Å². The van der Waals surface area contributed by atoms with Crippen LogP contribution in [-0.2, 0) is 10.0 Å². The molecule has 0 radical (unpaired) electrons. The molecular formula is C15H22BrNO2S2. The molecule has 0 saturated heterocycles. The summed E-state index contributed by atoms with van der Waals surface area (Å²) in [5.74, 6) is 0.631. The van der Waals surface area contributed by atoms with Gasteiger partial charge in [-0.05, 0) is 70.5 Å². The number of halogens is 1. The second kappa shape index (κ2) is 4.79. The summed E-state index contributed by atoms with van der Waals surface area (Å²) in [6.45, 7) is 8.59. The maximum atomic E-state index is 12.7. The molecular weight excluding hydrogens is 370 g/mol. The Bertz CT molecular complexity index is 656. The minimum absolute atomic E-state index is 0.0231. The second-order valence-corrected chi connectivity index (χ2v) is 11.8. The van der Waals surface area contributed by atoms with Crippen molar-refractivity contribution in [1.29, 1.82) is 0 Å². The summed E-state index contributed by atoms with van der Waals surface area (Å²) in [4.78, 5) is 0. The predicted molar refractivity (Wildman–Crippen MR) is 90.1 cm³/mol. The highest BCUT2D eigenvalue weighted by Crippen LogP contribution is 2.62. The van der Waals surface area contributed by atoms with E-state index in [4.69, 9.17) is 0 Å². The molecule has 118 valence electrons. The molecule has 2 saturated carbocycles. The highest BCUT2D eigenvalue weighted by molar-refractivity contribution is 9.11. The lowest BCUT2D eigenvalue weighted by atomic mass is 9.69. The first-order chi connectivity index (χ1) is 9.56. The van der Waals surface area contributed by atoms with Gasteiger partial charge in [0.25, 0.3) is 0 Å². The predicted octanol–water partition coefficient (Wildman–Crippen LogP) is 4.31. The Balaban J connectivity index is 1.92. The van der Waals surface area contributed by atoms with Gasteiger partial charge in [-0.3, -0.25) is 0 Å². The van der Waals surface area contributed by atoms with E-state index < -0.39 is 10.0 Å². The van der Waals surface area contributed by atoms with Crippen LogP contribution in [0.4, 0.5) is 0 Å². The number of nitrogens with one attached hydrogen (secondary N) is 1. The van der Waals surface area contributed by atoms with Gasteiger partial charge in [0.2, 0.25) is 10.0 Å². The number of fused-ring (bicyclic) bond motifs is 2. The minimum atomic E-state index is -3.44. The van der Waals surface area contributed by atoms with E-state index in [1.807, 2.05) is 6.92 Å². The third-order valence-corrected chi connectivity index (χ3v) is 9.68. The molecule has 0 aromatic carbocycles. The first-order valence-corrected chi connectivity index (χ1v) is 10.4. The molecule has 3 rings (SSSR count). The van der Waals surface area contributed by atoms with E-state index in [-0.39, 0.29) is 16.9 Å².